The quantitative estimate of drug-likeness (QED) is 0.772. The van der Waals surface area contributed by atoms with E-state index in [1.54, 1.807) is 0 Å². The highest BCUT2D eigenvalue weighted by Gasteiger charge is 2.24. The number of imidazole rings is 1. The molecule has 0 unspecified atom stereocenters. The van der Waals surface area contributed by atoms with Gasteiger partial charge in [0.1, 0.15) is 5.65 Å². The summed E-state index contributed by atoms with van der Waals surface area (Å²) in [5, 5.41) is 0.844. The Balaban J connectivity index is 2.01. The summed E-state index contributed by atoms with van der Waals surface area (Å²) in [6.45, 7) is 3.28. The van der Waals surface area contributed by atoms with E-state index in [1.807, 2.05) is 0 Å². The Morgan fingerprint density at radius 3 is 2.80 bits per heavy atom. The van der Waals surface area contributed by atoms with E-state index in [9.17, 15) is 0 Å². The lowest BCUT2D eigenvalue weighted by Gasteiger charge is -2.34. The minimum absolute atomic E-state index is 0.663. The summed E-state index contributed by atoms with van der Waals surface area (Å²) in [7, 11) is 0. The fourth-order valence-corrected chi connectivity index (χ4v) is 3.88. The van der Waals surface area contributed by atoms with E-state index in [1.165, 1.54) is 43.6 Å². The summed E-state index contributed by atoms with van der Waals surface area (Å²) < 4.78 is 2.20. The highest BCUT2D eigenvalue weighted by Crippen LogP contribution is 2.30. The van der Waals surface area contributed by atoms with Crippen molar-refractivity contribution >= 4 is 27.4 Å². The Morgan fingerprint density at radius 1 is 1.30 bits per heavy atom. The van der Waals surface area contributed by atoms with Gasteiger partial charge in [0.2, 0.25) is 0 Å². The zero-order valence-corrected chi connectivity index (χ0v) is 13.6. The molecule has 0 aliphatic heterocycles. The molecule has 1 aliphatic rings. The molecule has 20 heavy (non-hydrogen) atoms. The normalized spacial score (nSPS) is 16.7. The number of aromatic nitrogens is 2. The predicted octanol–water partition coefficient (Wildman–Crippen LogP) is 4.39. The second-order valence-corrected chi connectivity index (χ2v) is 6.08. The molecule has 0 bridgehead atoms. The molecule has 3 rings (SSSR count). The predicted molar refractivity (Wildman–Crippen MR) is 87.7 cm³/mol. The fraction of sp³-hybridized carbons (Fsp3) is 0.562. The van der Waals surface area contributed by atoms with Crippen LogP contribution in [0.1, 0.15) is 44.7 Å². The molecule has 2 aromatic heterocycles. The van der Waals surface area contributed by atoms with Gasteiger partial charge in [-0.15, -0.1) is 0 Å². The van der Waals surface area contributed by atoms with Crippen LogP contribution < -0.4 is 4.90 Å². The molecule has 0 radical (unpaired) electrons. The molecule has 3 nitrogen and oxygen atoms in total. The molecule has 0 atom stereocenters. The van der Waals surface area contributed by atoms with Crippen molar-refractivity contribution in [1.29, 1.82) is 0 Å². The Morgan fingerprint density at radius 2 is 2.10 bits per heavy atom. The number of hydrogen-bond acceptors (Lipinski definition) is 2. The van der Waals surface area contributed by atoms with Crippen LogP contribution in [0.3, 0.4) is 0 Å². The molecular formula is C16H22BrN3. The second kappa shape index (κ2) is 6.17. The molecule has 108 valence electrons. The Hall–Kier alpha value is -1.03. The monoisotopic (exact) mass is 335 g/mol. The summed E-state index contributed by atoms with van der Waals surface area (Å²) in [5.41, 5.74) is 2.32. The van der Waals surface area contributed by atoms with E-state index < -0.39 is 0 Å². The van der Waals surface area contributed by atoms with Crippen LogP contribution in [-0.4, -0.2) is 22.0 Å². The highest BCUT2D eigenvalue weighted by molar-refractivity contribution is 9.08. The van der Waals surface area contributed by atoms with E-state index in [0.717, 1.165) is 17.5 Å². The van der Waals surface area contributed by atoms with Crippen molar-refractivity contribution in [2.45, 2.75) is 50.4 Å². The molecule has 0 N–H and O–H groups in total. The average molecular weight is 336 g/mol. The molecule has 2 heterocycles. The first-order chi connectivity index (χ1) is 9.85. The molecular weight excluding hydrogens is 314 g/mol. The minimum atomic E-state index is 0.663. The average Bonchev–Trinajstić information content (AvgIpc) is 2.87. The van der Waals surface area contributed by atoms with Crippen LogP contribution in [0.25, 0.3) is 5.65 Å². The van der Waals surface area contributed by atoms with Crippen LogP contribution >= 0.6 is 15.9 Å². The maximum absolute atomic E-state index is 4.89. The summed E-state index contributed by atoms with van der Waals surface area (Å²) in [6.07, 6.45) is 8.84. The summed E-state index contributed by atoms with van der Waals surface area (Å²) in [4.78, 5) is 7.41. The number of alkyl halides is 1. The third kappa shape index (κ3) is 2.46. The lowest BCUT2D eigenvalue weighted by atomic mass is 9.94. The summed E-state index contributed by atoms with van der Waals surface area (Å²) >= 11 is 3.64. The number of halogens is 1. The van der Waals surface area contributed by atoms with Gasteiger partial charge in [-0.25, -0.2) is 4.98 Å². The zero-order chi connectivity index (χ0) is 13.9. The lowest BCUT2D eigenvalue weighted by molar-refractivity contribution is 0.416. The van der Waals surface area contributed by atoms with Crippen molar-refractivity contribution in [3.63, 3.8) is 0 Å². The lowest BCUT2D eigenvalue weighted by Crippen LogP contribution is -2.37. The van der Waals surface area contributed by atoms with E-state index in [-0.39, 0.29) is 0 Å². The van der Waals surface area contributed by atoms with E-state index >= 15 is 0 Å². The first-order valence-corrected chi connectivity index (χ1v) is 8.76. The van der Waals surface area contributed by atoms with Crippen molar-refractivity contribution in [2.75, 3.05) is 11.4 Å². The van der Waals surface area contributed by atoms with Gasteiger partial charge in [0.25, 0.3) is 0 Å². The fourth-order valence-electron chi connectivity index (χ4n) is 3.36. The molecule has 2 aromatic rings. The van der Waals surface area contributed by atoms with Gasteiger partial charge < -0.3 is 9.30 Å². The second-order valence-electron chi connectivity index (χ2n) is 5.52. The molecule has 0 saturated heterocycles. The Bertz CT molecular complexity index is 572. The van der Waals surface area contributed by atoms with Crippen LogP contribution in [0.15, 0.2) is 24.4 Å². The highest BCUT2D eigenvalue weighted by atomic mass is 79.9. The molecule has 1 fully saturated rings. The van der Waals surface area contributed by atoms with E-state index in [4.69, 9.17) is 4.98 Å². The number of anilines is 1. The van der Waals surface area contributed by atoms with Gasteiger partial charge in [0.05, 0.1) is 5.69 Å². The van der Waals surface area contributed by atoms with Gasteiger partial charge in [-0.05, 0) is 31.9 Å². The van der Waals surface area contributed by atoms with E-state index in [0.29, 0.717) is 6.04 Å². The van der Waals surface area contributed by atoms with Gasteiger partial charge >= 0.3 is 0 Å². The van der Waals surface area contributed by atoms with Crippen LogP contribution in [-0.2, 0) is 5.33 Å². The van der Waals surface area contributed by atoms with Crippen LogP contribution in [0, 0.1) is 0 Å². The largest absolute Gasteiger partial charge is 0.352 e. The number of nitrogens with zero attached hydrogens (tertiary/aromatic N) is 3. The number of rotatable bonds is 4. The maximum atomic E-state index is 4.89. The molecule has 1 aliphatic carbocycles. The Labute approximate surface area is 129 Å². The van der Waals surface area contributed by atoms with Crippen molar-refractivity contribution in [3.8, 4) is 0 Å². The first kappa shape index (κ1) is 13.9. The van der Waals surface area contributed by atoms with Gasteiger partial charge in [-0.2, -0.15) is 0 Å². The number of hydrogen-bond donors (Lipinski definition) is 0. The smallest absolute Gasteiger partial charge is 0.152 e. The molecule has 0 aromatic carbocycles. The molecule has 1 saturated carbocycles. The zero-order valence-electron chi connectivity index (χ0n) is 12.1. The van der Waals surface area contributed by atoms with Crippen molar-refractivity contribution < 1.29 is 0 Å². The third-order valence-corrected chi connectivity index (χ3v) is 4.89. The number of pyridine rings is 1. The van der Waals surface area contributed by atoms with Crippen LogP contribution in [0.5, 0.6) is 0 Å². The first-order valence-electron chi connectivity index (χ1n) is 7.63. The van der Waals surface area contributed by atoms with Gasteiger partial charge in [0.15, 0.2) is 5.82 Å². The maximum Gasteiger partial charge on any atom is 0.152 e. The van der Waals surface area contributed by atoms with Crippen LogP contribution in [0.4, 0.5) is 5.82 Å². The standard InChI is InChI=1S/C16H22BrN3/c1-2-19(13-8-4-3-5-9-13)16-14(12-17)20-11-7-6-10-15(20)18-16/h6-7,10-11,13H,2-5,8-9,12H2,1H3. The van der Waals surface area contributed by atoms with Crippen molar-refractivity contribution in [3.05, 3.63) is 30.1 Å². The third-order valence-electron chi connectivity index (χ3n) is 4.36. The van der Waals surface area contributed by atoms with Crippen molar-refractivity contribution in [2.24, 2.45) is 0 Å². The molecule has 4 heteroatoms. The summed E-state index contributed by atoms with van der Waals surface area (Å²) in [5.74, 6) is 1.17. The topological polar surface area (TPSA) is 20.5 Å². The SMILES string of the molecule is CCN(c1nc2ccccn2c1CBr)C1CCCCC1. The van der Waals surface area contributed by atoms with Gasteiger partial charge in [-0.3, -0.25) is 0 Å². The van der Waals surface area contributed by atoms with Crippen molar-refractivity contribution in [1.82, 2.24) is 9.38 Å². The molecule has 0 spiro atoms. The molecule has 0 amide bonds. The van der Waals surface area contributed by atoms with Crippen LogP contribution in [0.2, 0.25) is 0 Å². The van der Waals surface area contributed by atoms with E-state index in [2.05, 4.69) is 56.6 Å². The number of fused-ring (bicyclic) bond motifs is 1. The van der Waals surface area contributed by atoms with Gasteiger partial charge in [-0.1, -0.05) is 41.3 Å². The summed E-state index contributed by atoms with van der Waals surface area (Å²) in [6, 6.07) is 6.88. The minimum Gasteiger partial charge on any atom is -0.352 e. The Kier molecular flexibility index (Phi) is 4.29. The van der Waals surface area contributed by atoms with Gasteiger partial charge in [0, 0.05) is 24.1 Å².